The number of phenolic OH excluding ortho intramolecular Hbond substituents is 3. The van der Waals surface area contributed by atoms with Gasteiger partial charge in [-0.3, -0.25) is 9.59 Å². The second-order valence-corrected chi connectivity index (χ2v) is 4.62. The Kier molecular flexibility index (Phi) is 2.79. The zero-order valence-electron chi connectivity index (χ0n) is 10.6. The van der Waals surface area contributed by atoms with Gasteiger partial charge in [0.15, 0.2) is 6.10 Å². The molecule has 0 fully saturated rings. The van der Waals surface area contributed by atoms with Gasteiger partial charge in [-0.25, -0.2) is 0 Å². The topological polar surface area (TPSA) is 104 Å². The van der Waals surface area contributed by atoms with E-state index in [0.717, 1.165) is 12.1 Å². The second-order valence-electron chi connectivity index (χ2n) is 4.62. The molecular formula is C15H10O6. The number of ketones is 2. The minimum absolute atomic E-state index is 0.0176. The molecule has 0 saturated heterocycles. The summed E-state index contributed by atoms with van der Waals surface area (Å²) in [5.74, 6) is -2.54. The van der Waals surface area contributed by atoms with Crippen LogP contribution in [-0.2, 0) is 4.79 Å². The van der Waals surface area contributed by atoms with Crippen LogP contribution in [0.3, 0.4) is 0 Å². The number of carbonyl (C=O) groups excluding carboxylic acids is 2. The van der Waals surface area contributed by atoms with Crippen molar-refractivity contribution in [1.29, 1.82) is 0 Å². The maximum Gasteiger partial charge on any atom is 0.248 e. The predicted octanol–water partition coefficient (Wildman–Crippen LogP) is 1.69. The average Bonchev–Trinajstić information content (AvgIpc) is 2.43. The van der Waals surface area contributed by atoms with E-state index in [2.05, 4.69) is 0 Å². The lowest BCUT2D eigenvalue weighted by Gasteiger charge is -2.24. The maximum atomic E-state index is 12.1. The molecule has 3 N–H and O–H groups in total. The van der Waals surface area contributed by atoms with Crippen LogP contribution in [0.5, 0.6) is 23.0 Å². The van der Waals surface area contributed by atoms with Crippen molar-refractivity contribution < 1.29 is 29.6 Å². The Balaban J connectivity index is 2.09. The summed E-state index contributed by atoms with van der Waals surface area (Å²) in [6.45, 7) is 0. The molecule has 2 aromatic carbocycles. The summed E-state index contributed by atoms with van der Waals surface area (Å²) in [5.41, 5.74) is 0.132. The Morgan fingerprint density at radius 3 is 2.24 bits per heavy atom. The highest BCUT2D eigenvalue weighted by Crippen LogP contribution is 2.40. The zero-order chi connectivity index (χ0) is 15.1. The van der Waals surface area contributed by atoms with Gasteiger partial charge in [-0.1, -0.05) is 12.1 Å². The lowest BCUT2D eigenvalue weighted by Crippen LogP contribution is -2.31. The molecule has 1 aliphatic heterocycles. The summed E-state index contributed by atoms with van der Waals surface area (Å²) >= 11 is 0. The summed E-state index contributed by atoms with van der Waals surface area (Å²) < 4.78 is 5.43. The van der Waals surface area contributed by atoms with Crippen LogP contribution in [0.2, 0.25) is 0 Å². The Labute approximate surface area is 118 Å². The number of fused-ring (bicyclic) bond motifs is 1. The predicted molar refractivity (Wildman–Crippen MR) is 70.6 cm³/mol. The molecule has 0 spiro atoms. The lowest BCUT2D eigenvalue weighted by atomic mass is 9.94. The van der Waals surface area contributed by atoms with Crippen LogP contribution in [0.15, 0.2) is 36.4 Å². The Morgan fingerprint density at radius 2 is 1.57 bits per heavy atom. The highest BCUT2D eigenvalue weighted by Gasteiger charge is 2.38. The van der Waals surface area contributed by atoms with Gasteiger partial charge in [0.05, 0.1) is 0 Å². The van der Waals surface area contributed by atoms with Gasteiger partial charge in [0.2, 0.25) is 11.6 Å². The van der Waals surface area contributed by atoms with Crippen molar-refractivity contribution in [2.75, 3.05) is 0 Å². The van der Waals surface area contributed by atoms with Gasteiger partial charge in [0, 0.05) is 17.7 Å². The highest BCUT2D eigenvalue weighted by molar-refractivity contribution is 6.47. The third kappa shape index (κ3) is 2.06. The van der Waals surface area contributed by atoms with Crippen molar-refractivity contribution in [1.82, 2.24) is 0 Å². The van der Waals surface area contributed by atoms with Gasteiger partial charge in [-0.15, -0.1) is 0 Å². The van der Waals surface area contributed by atoms with Crippen LogP contribution in [-0.4, -0.2) is 26.9 Å². The molecule has 0 aromatic heterocycles. The molecule has 0 radical (unpaired) electrons. The summed E-state index contributed by atoms with van der Waals surface area (Å²) in [5, 5.41) is 28.4. The van der Waals surface area contributed by atoms with E-state index in [9.17, 15) is 24.9 Å². The second kappa shape index (κ2) is 4.52. The zero-order valence-corrected chi connectivity index (χ0v) is 10.6. The van der Waals surface area contributed by atoms with E-state index >= 15 is 0 Å². The van der Waals surface area contributed by atoms with Gasteiger partial charge in [-0.05, 0) is 12.1 Å². The van der Waals surface area contributed by atoms with E-state index in [1.54, 1.807) is 0 Å². The van der Waals surface area contributed by atoms with Gasteiger partial charge in [0.25, 0.3) is 0 Å². The van der Waals surface area contributed by atoms with Gasteiger partial charge < -0.3 is 20.1 Å². The highest BCUT2D eigenvalue weighted by atomic mass is 16.5. The first-order valence-electron chi connectivity index (χ1n) is 6.07. The third-order valence-electron chi connectivity index (χ3n) is 3.20. The van der Waals surface area contributed by atoms with E-state index in [4.69, 9.17) is 4.74 Å². The third-order valence-corrected chi connectivity index (χ3v) is 3.20. The molecule has 1 aliphatic rings. The van der Waals surface area contributed by atoms with Crippen LogP contribution in [0, 0.1) is 0 Å². The summed E-state index contributed by atoms with van der Waals surface area (Å²) in [6, 6.07) is 7.77. The molecule has 0 amide bonds. The molecule has 0 bridgehead atoms. The van der Waals surface area contributed by atoms with Crippen molar-refractivity contribution in [2.45, 2.75) is 6.10 Å². The van der Waals surface area contributed by atoms with Gasteiger partial charge in [-0.2, -0.15) is 0 Å². The SMILES string of the molecule is O=C1C(=O)[C@@H](c2ccc(O)cc2)Oc2cc(O)cc(O)c21. The van der Waals surface area contributed by atoms with Crippen molar-refractivity contribution in [2.24, 2.45) is 0 Å². The Morgan fingerprint density at radius 1 is 0.905 bits per heavy atom. The average molecular weight is 286 g/mol. The van der Waals surface area contributed by atoms with E-state index in [1.165, 1.54) is 24.3 Å². The first kappa shape index (κ1) is 13.0. The number of benzene rings is 2. The Bertz CT molecular complexity index is 748. The van der Waals surface area contributed by atoms with Gasteiger partial charge >= 0.3 is 0 Å². The number of hydrogen-bond donors (Lipinski definition) is 3. The van der Waals surface area contributed by atoms with Crippen LogP contribution >= 0.6 is 0 Å². The van der Waals surface area contributed by atoms with Crippen LogP contribution < -0.4 is 4.74 Å². The lowest BCUT2D eigenvalue weighted by molar-refractivity contribution is -0.122. The molecule has 106 valence electrons. The maximum absolute atomic E-state index is 12.1. The van der Waals surface area contributed by atoms with Crippen LogP contribution in [0.4, 0.5) is 0 Å². The standard InChI is InChI=1S/C15H10O6/c16-8-3-1-7(2-4-8)15-14(20)13(19)12-10(18)5-9(17)6-11(12)21-15/h1-6,15-18H/t15-/m1/s1. The van der Waals surface area contributed by atoms with Crippen molar-refractivity contribution in [3.8, 4) is 23.0 Å². The first-order valence-corrected chi connectivity index (χ1v) is 6.07. The van der Waals surface area contributed by atoms with E-state index < -0.39 is 23.4 Å². The molecule has 1 heterocycles. The molecular weight excluding hydrogens is 276 g/mol. The van der Waals surface area contributed by atoms with E-state index in [-0.39, 0.29) is 22.8 Å². The van der Waals surface area contributed by atoms with Crippen LogP contribution in [0.1, 0.15) is 22.0 Å². The fourth-order valence-electron chi connectivity index (χ4n) is 2.20. The van der Waals surface area contributed by atoms with Gasteiger partial charge in [0.1, 0.15) is 28.6 Å². The molecule has 6 nitrogen and oxygen atoms in total. The van der Waals surface area contributed by atoms with E-state index in [1.807, 2.05) is 0 Å². The van der Waals surface area contributed by atoms with Crippen molar-refractivity contribution in [3.63, 3.8) is 0 Å². The monoisotopic (exact) mass is 286 g/mol. The number of Topliss-reactive ketones (excluding diaryl/α,β-unsaturated/α-hetero) is 2. The minimum Gasteiger partial charge on any atom is -0.508 e. The molecule has 6 heteroatoms. The van der Waals surface area contributed by atoms with Crippen molar-refractivity contribution >= 4 is 11.6 Å². The fraction of sp³-hybridized carbons (Fsp3) is 0.0667. The summed E-state index contributed by atoms with van der Waals surface area (Å²) in [7, 11) is 0. The number of phenols is 3. The number of rotatable bonds is 1. The molecule has 0 saturated carbocycles. The number of carbonyl (C=O) groups is 2. The molecule has 21 heavy (non-hydrogen) atoms. The largest absolute Gasteiger partial charge is 0.508 e. The number of hydrogen-bond acceptors (Lipinski definition) is 6. The Hall–Kier alpha value is -3.02. The summed E-state index contributed by atoms with van der Waals surface area (Å²) in [4.78, 5) is 24.2. The van der Waals surface area contributed by atoms with E-state index in [0.29, 0.717) is 5.56 Å². The van der Waals surface area contributed by atoms with Crippen LogP contribution in [0.25, 0.3) is 0 Å². The first-order chi connectivity index (χ1) is 9.97. The minimum atomic E-state index is -1.17. The summed E-state index contributed by atoms with van der Waals surface area (Å²) in [6.07, 6.45) is -1.17. The smallest absolute Gasteiger partial charge is 0.248 e. The molecule has 0 aliphatic carbocycles. The number of aromatic hydroxyl groups is 3. The molecule has 3 rings (SSSR count). The molecule has 0 unspecified atom stereocenters. The normalized spacial score (nSPS) is 17.2. The molecule has 2 aromatic rings. The quantitative estimate of drug-likeness (QED) is 0.689. The fourth-order valence-corrected chi connectivity index (χ4v) is 2.20. The number of ether oxygens (including phenoxy) is 1. The van der Waals surface area contributed by atoms with Crippen molar-refractivity contribution in [3.05, 3.63) is 47.5 Å². The molecule has 1 atom stereocenters.